The van der Waals surface area contributed by atoms with Crippen molar-refractivity contribution < 1.29 is 14.3 Å². The SMILES string of the molecule is COCCN(Cc1cccn1Cc1cccc(C)c1)C(=O)COCc1ccccc1. The van der Waals surface area contributed by atoms with Crippen LogP contribution in [-0.2, 0) is 34.0 Å². The lowest BCUT2D eigenvalue weighted by Crippen LogP contribution is -2.36. The van der Waals surface area contributed by atoms with Crippen LogP contribution in [0.1, 0.15) is 22.4 Å². The first-order chi connectivity index (χ1) is 14.7. The molecule has 0 fully saturated rings. The van der Waals surface area contributed by atoms with Crippen molar-refractivity contribution >= 4 is 5.91 Å². The van der Waals surface area contributed by atoms with Crippen molar-refractivity contribution in [2.75, 3.05) is 26.9 Å². The summed E-state index contributed by atoms with van der Waals surface area (Å²) < 4.78 is 13.1. The zero-order chi connectivity index (χ0) is 21.2. The van der Waals surface area contributed by atoms with E-state index >= 15 is 0 Å². The number of aryl methyl sites for hydroxylation is 1. The molecule has 0 saturated heterocycles. The number of hydrogen-bond donors (Lipinski definition) is 0. The summed E-state index contributed by atoms with van der Waals surface area (Å²) in [5, 5.41) is 0. The van der Waals surface area contributed by atoms with Crippen molar-refractivity contribution in [1.82, 2.24) is 9.47 Å². The van der Waals surface area contributed by atoms with E-state index in [-0.39, 0.29) is 12.5 Å². The summed E-state index contributed by atoms with van der Waals surface area (Å²) in [7, 11) is 1.65. The Morgan fingerprint density at radius 3 is 2.57 bits per heavy atom. The van der Waals surface area contributed by atoms with E-state index < -0.39 is 0 Å². The topological polar surface area (TPSA) is 43.7 Å². The van der Waals surface area contributed by atoms with Crippen LogP contribution >= 0.6 is 0 Å². The molecule has 158 valence electrons. The van der Waals surface area contributed by atoms with Gasteiger partial charge in [0, 0.05) is 32.1 Å². The monoisotopic (exact) mass is 406 g/mol. The second kappa shape index (κ2) is 11.3. The fraction of sp³-hybridized carbons (Fsp3) is 0.320. The zero-order valence-electron chi connectivity index (χ0n) is 17.8. The van der Waals surface area contributed by atoms with E-state index in [1.54, 1.807) is 12.0 Å². The van der Waals surface area contributed by atoms with E-state index in [1.165, 1.54) is 11.1 Å². The maximum Gasteiger partial charge on any atom is 0.249 e. The second-order valence-corrected chi connectivity index (χ2v) is 7.40. The van der Waals surface area contributed by atoms with Gasteiger partial charge in [-0.15, -0.1) is 0 Å². The van der Waals surface area contributed by atoms with Crippen molar-refractivity contribution in [3.05, 3.63) is 95.3 Å². The van der Waals surface area contributed by atoms with Gasteiger partial charge in [-0.2, -0.15) is 0 Å². The van der Waals surface area contributed by atoms with Crippen LogP contribution in [-0.4, -0.2) is 42.2 Å². The molecule has 3 aromatic rings. The molecule has 0 aliphatic heterocycles. The molecule has 0 spiro atoms. The molecule has 0 bridgehead atoms. The van der Waals surface area contributed by atoms with Crippen molar-refractivity contribution in [2.45, 2.75) is 26.6 Å². The van der Waals surface area contributed by atoms with Crippen LogP contribution in [0.3, 0.4) is 0 Å². The Morgan fingerprint density at radius 1 is 1.00 bits per heavy atom. The standard InChI is InChI=1S/C25H30N2O3/c1-21-8-6-11-23(16-21)17-26-13-7-12-24(26)18-27(14-15-29-2)25(28)20-30-19-22-9-4-3-5-10-22/h3-13,16H,14-15,17-20H2,1-2H3. The molecule has 1 amide bonds. The lowest BCUT2D eigenvalue weighted by atomic mass is 10.1. The molecule has 0 unspecified atom stereocenters. The molecule has 5 heteroatoms. The lowest BCUT2D eigenvalue weighted by molar-refractivity contribution is -0.138. The number of carbonyl (C=O) groups is 1. The van der Waals surface area contributed by atoms with E-state index in [0.29, 0.717) is 26.3 Å². The summed E-state index contributed by atoms with van der Waals surface area (Å²) in [6.07, 6.45) is 2.06. The van der Waals surface area contributed by atoms with Gasteiger partial charge in [-0.05, 0) is 30.2 Å². The predicted molar refractivity (Wildman–Crippen MR) is 118 cm³/mol. The highest BCUT2D eigenvalue weighted by atomic mass is 16.5. The molecular weight excluding hydrogens is 376 g/mol. The summed E-state index contributed by atoms with van der Waals surface area (Å²) in [5.74, 6) is -0.0358. The summed E-state index contributed by atoms with van der Waals surface area (Å²) in [5.41, 5.74) is 4.63. The molecule has 1 aromatic heterocycles. The molecule has 1 heterocycles. The molecule has 30 heavy (non-hydrogen) atoms. The molecule has 5 nitrogen and oxygen atoms in total. The molecule has 0 aliphatic carbocycles. The fourth-order valence-electron chi connectivity index (χ4n) is 3.37. The van der Waals surface area contributed by atoms with Crippen LogP contribution in [0.5, 0.6) is 0 Å². The van der Waals surface area contributed by atoms with Gasteiger partial charge in [-0.25, -0.2) is 0 Å². The Kier molecular flexibility index (Phi) is 8.24. The Morgan fingerprint density at radius 2 is 1.80 bits per heavy atom. The smallest absolute Gasteiger partial charge is 0.249 e. The number of nitrogens with zero attached hydrogens (tertiary/aromatic N) is 2. The number of rotatable bonds is 11. The van der Waals surface area contributed by atoms with Gasteiger partial charge in [0.25, 0.3) is 0 Å². The Labute approximate surface area is 178 Å². The first kappa shape index (κ1) is 21.8. The maximum atomic E-state index is 12.8. The highest BCUT2D eigenvalue weighted by molar-refractivity contribution is 5.77. The summed E-state index contributed by atoms with van der Waals surface area (Å²) >= 11 is 0. The summed E-state index contributed by atoms with van der Waals surface area (Å²) in [6.45, 7) is 4.89. The van der Waals surface area contributed by atoms with Crippen LogP contribution in [0.2, 0.25) is 0 Å². The Hall–Kier alpha value is -2.89. The minimum absolute atomic E-state index is 0.0358. The zero-order valence-corrected chi connectivity index (χ0v) is 17.8. The van der Waals surface area contributed by atoms with Crippen LogP contribution < -0.4 is 0 Å². The number of amides is 1. The Balaban J connectivity index is 1.61. The summed E-state index contributed by atoms with van der Waals surface area (Å²) in [6, 6.07) is 22.5. The van der Waals surface area contributed by atoms with Crippen LogP contribution in [0.25, 0.3) is 0 Å². The predicted octanol–water partition coefficient (Wildman–Crippen LogP) is 4.04. The van der Waals surface area contributed by atoms with Gasteiger partial charge in [-0.1, -0.05) is 60.2 Å². The fourth-order valence-corrected chi connectivity index (χ4v) is 3.37. The van der Waals surface area contributed by atoms with Crippen molar-refractivity contribution in [3.8, 4) is 0 Å². The van der Waals surface area contributed by atoms with Gasteiger partial charge in [-0.3, -0.25) is 4.79 Å². The van der Waals surface area contributed by atoms with Gasteiger partial charge in [0.1, 0.15) is 6.61 Å². The van der Waals surface area contributed by atoms with Gasteiger partial charge in [0.15, 0.2) is 0 Å². The first-order valence-corrected chi connectivity index (χ1v) is 10.2. The lowest BCUT2D eigenvalue weighted by Gasteiger charge is -2.23. The number of hydrogen-bond acceptors (Lipinski definition) is 3. The average Bonchev–Trinajstić information content (AvgIpc) is 3.18. The largest absolute Gasteiger partial charge is 0.383 e. The molecule has 0 atom stereocenters. The second-order valence-electron chi connectivity index (χ2n) is 7.40. The first-order valence-electron chi connectivity index (χ1n) is 10.2. The summed E-state index contributed by atoms with van der Waals surface area (Å²) in [4.78, 5) is 14.6. The van der Waals surface area contributed by atoms with Gasteiger partial charge < -0.3 is 18.9 Å². The van der Waals surface area contributed by atoms with Gasteiger partial charge in [0.05, 0.1) is 19.8 Å². The molecule has 0 radical (unpaired) electrons. The molecule has 0 N–H and O–H groups in total. The molecule has 0 saturated carbocycles. The van der Waals surface area contributed by atoms with Gasteiger partial charge in [0.2, 0.25) is 5.91 Å². The van der Waals surface area contributed by atoms with Crippen LogP contribution in [0.15, 0.2) is 72.9 Å². The highest BCUT2D eigenvalue weighted by Crippen LogP contribution is 2.12. The van der Waals surface area contributed by atoms with Crippen molar-refractivity contribution in [3.63, 3.8) is 0 Å². The normalized spacial score (nSPS) is 10.9. The van der Waals surface area contributed by atoms with E-state index in [1.807, 2.05) is 36.4 Å². The maximum absolute atomic E-state index is 12.8. The van der Waals surface area contributed by atoms with E-state index in [4.69, 9.17) is 9.47 Å². The van der Waals surface area contributed by atoms with Crippen molar-refractivity contribution in [1.29, 1.82) is 0 Å². The number of carbonyl (C=O) groups excluding carboxylic acids is 1. The van der Waals surface area contributed by atoms with Crippen LogP contribution in [0.4, 0.5) is 0 Å². The molecular formula is C25H30N2O3. The minimum Gasteiger partial charge on any atom is -0.383 e. The number of benzene rings is 2. The molecule has 3 rings (SSSR count). The molecule has 2 aromatic carbocycles. The molecule has 0 aliphatic rings. The Bertz CT molecular complexity index is 921. The third kappa shape index (κ3) is 6.58. The van der Waals surface area contributed by atoms with E-state index in [0.717, 1.165) is 17.8 Å². The number of ether oxygens (including phenoxy) is 2. The van der Waals surface area contributed by atoms with E-state index in [9.17, 15) is 4.79 Å². The minimum atomic E-state index is -0.0358. The number of aromatic nitrogens is 1. The third-order valence-electron chi connectivity index (χ3n) is 4.97. The quantitative estimate of drug-likeness (QED) is 0.483. The van der Waals surface area contributed by atoms with Crippen LogP contribution in [0, 0.1) is 6.92 Å². The highest BCUT2D eigenvalue weighted by Gasteiger charge is 2.16. The van der Waals surface area contributed by atoms with E-state index in [2.05, 4.69) is 48.0 Å². The van der Waals surface area contributed by atoms with Crippen molar-refractivity contribution in [2.24, 2.45) is 0 Å². The average molecular weight is 407 g/mol. The van der Waals surface area contributed by atoms with Gasteiger partial charge >= 0.3 is 0 Å². The number of methoxy groups -OCH3 is 1. The third-order valence-corrected chi connectivity index (χ3v) is 4.97.